The Labute approximate surface area is 170 Å². The van der Waals surface area contributed by atoms with Gasteiger partial charge in [-0.15, -0.1) is 12.4 Å². The molecule has 0 fully saturated rings. The van der Waals surface area contributed by atoms with Crippen LogP contribution in [0, 0.1) is 0 Å². The lowest BCUT2D eigenvalue weighted by Gasteiger charge is -2.13. The van der Waals surface area contributed by atoms with Crippen LogP contribution in [0.4, 0.5) is 0 Å². The smallest absolute Gasteiger partial charge is 0.124 e. The number of halogens is 3. The van der Waals surface area contributed by atoms with Crippen LogP contribution in [0.3, 0.4) is 0 Å². The summed E-state index contributed by atoms with van der Waals surface area (Å²) in [6, 6.07) is 23.6. The fraction of sp³-hybridized carbons (Fsp3) is 0.143. The minimum absolute atomic E-state index is 0. The summed E-state index contributed by atoms with van der Waals surface area (Å²) in [5, 5.41) is 4.86. The molecule has 0 spiro atoms. The zero-order chi connectivity index (χ0) is 17.5. The maximum atomic E-state index is 6.19. The van der Waals surface area contributed by atoms with Gasteiger partial charge in [0.2, 0.25) is 0 Å². The van der Waals surface area contributed by atoms with E-state index >= 15 is 0 Å². The van der Waals surface area contributed by atoms with Gasteiger partial charge >= 0.3 is 0 Å². The van der Waals surface area contributed by atoms with Gasteiger partial charge in [0, 0.05) is 28.7 Å². The molecule has 0 heterocycles. The first-order valence-corrected chi connectivity index (χ1v) is 8.87. The maximum absolute atomic E-state index is 6.19. The molecular weight excluding hydrogens is 389 g/mol. The zero-order valence-electron chi connectivity index (χ0n) is 14.1. The van der Waals surface area contributed by atoms with E-state index in [1.807, 2.05) is 72.8 Å². The Morgan fingerprint density at radius 1 is 0.769 bits per heavy atom. The fourth-order valence-corrected chi connectivity index (χ4v) is 2.93. The average Bonchev–Trinajstić information content (AvgIpc) is 2.63. The van der Waals surface area contributed by atoms with Crippen LogP contribution in [0.25, 0.3) is 0 Å². The number of hydrogen-bond donors (Lipinski definition) is 1. The average molecular weight is 409 g/mol. The van der Waals surface area contributed by atoms with E-state index in [-0.39, 0.29) is 12.4 Å². The molecule has 3 aromatic rings. The Morgan fingerprint density at radius 2 is 1.46 bits per heavy atom. The molecule has 1 N–H and O–H groups in total. The predicted octanol–water partition coefficient (Wildman–Crippen LogP) is 6.28. The standard InChI is InChI=1S/C21H19Cl2NO.ClH/c22-19-10-11-21(25-15-16-6-2-1-3-7-16)18(12-19)14-24-13-17-8-4-5-9-20(17)23;/h1-12,24H,13-15H2;1H. The summed E-state index contributed by atoms with van der Waals surface area (Å²) in [6.07, 6.45) is 0. The summed E-state index contributed by atoms with van der Waals surface area (Å²) in [5.74, 6) is 0.833. The number of nitrogens with one attached hydrogen (secondary N) is 1. The van der Waals surface area contributed by atoms with Crippen molar-refractivity contribution in [3.05, 3.63) is 99.5 Å². The molecule has 3 aromatic carbocycles. The maximum Gasteiger partial charge on any atom is 0.124 e. The second-order valence-corrected chi connectivity index (χ2v) is 6.56. The van der Waals surface area contributed by atoms with Crippen molar-refractivity contribution in [1.82, 2.24) is 5.32 Å². The monoisotopic (exact) mass is 407 g/mol. The van der Waals surface area contributed by atoms with Crippen LogP contribution >= 0.6 is 35.6 Å². The van der Waals surface area contributed by atoms with E-state index in [1.54, 1.807) is 0 Å². The van der Waals surface area contributed by atoms with E-state index in [9.17, 15) is 0 Å². The first kappa shape index (κ1) is 20.6. The topological polar surface area (TPSA) is 21.3 Å². The normalized spacial score (nSPS) is 10.2. The van der Waals surface area contributed by atoms with Crippen LogP contribution in [0.1, 0.15) is 16.7 Å². The van der Waals surface area contributed by atoms with Gasteiger partial charge in [0.25, 0.3) is 0 Å². The van der Waals surface area contributed by atoms with Crippen molar-refractivity contribution in [2.45, 2.75) is 19.7 Å². The second-order valence-electron chi connectivity index (χ2n) is 5.72. The van der Waals surface area contributed by atoms with Gasteiger partial charge in [-0.2, -0.15) is 0 Å². The number of benzene rings is 3. The molecule has 0 saturated carbocycles. The van der Waals surface area contributed by atoms with E-state index in [0.717, 1.165) is 27.5 Å². The molecule has 0 atom stereocenters. The van der Waals surface area contributed by atoms with Gasteiger partial charge in [-0.25, -0.2) is 0 Å². The lowest BCUT2D eigenvalue weighted by Crippen LogP contribution is -2.14. The van der Waals surface area contributed by atoms with Crippen LogP contribution in [0.5, 0.6) is 5.75 Å². The van der Waals surface area contributed by atoms with E-state index in [0.29, 0.717) is 24.7 Å². The van der Waals surface area contributed by atoms with Crippen molar-refractivity contribution in [3.8, 4) is 5.75 Å². The summed E-state index contributed by atoms with van der Waals surface area (Å²) in [4.78, 5) is 0. The summed E-state index contributed by atoms with van der Waals surface area (Å²) < 4.78 is 5.98. The molecular formula is C21H20Cl3NO. The Morgan fingerprint density at radius 3 is 2.23 bits per heavy atom. The van der Waals surface area contributed by atoms with E-state index in [4.69, 9.17) is 27.9 Å². The quantitative estimate of drug-likeness (QED) is 0.496. The van der Waals surface area contributed by atoms with E-state index in [2.05, 4.69) is 5.32 Å². The lowest BCUT2D eigenvalue weighted by molar-refractivity contribution is 0.302. The van der Waals surface area contributed by atoms with Crippen LogP contribution in [-0.2, 0) is 19.7 Å². The van der Waals surface area contributed by atoms with Gasteiger partial charge in [-0.3, -0.25) is 0 Å². The predicted molar refractivity (Wildman–Crippen MR) is 111 cm³/mol. The zero-order valence-corrected chi connectivity index (χ0v) is 16.5. The minimum Gasteiger partial charge on any atom is -0.489 e. The van der Waals surface area contributed by atoms with Crippen LogP contribution < -0.4 is 10.1 Å². The molecule has 0 amide bonds. The molecule has 2 nitrogen and oxygen atoms in total. The number of rotatable bonds is 7. The van der Waals surface area contributed by atoms with Gasteiger partial charge in [0.05, 0.1) is 0 Å². The highest BCUT2D eigenvalue weighted by Crippen LogP contribution is 2.24. The summed E-state index contributed by atoms with van der Waals surface area (Å²) >= 11 is 12.3. The van der Waals surface area contributed by atoms with Crippen LogP contribution in [0.2, 0.25) is 10.0 Å². The van der Waals surface area contributed by atoms with Crippen LogP contribution in [-0.4, -0.2) is 0 Å². The van der Waals surface area contributed by atoms with Crippen molar-refractivity contribution in [1.29, 1.82) is 0 Å². The summed E-state index contributed by atoms with van der Waals surface area (Å²) in [5.41, 5.74) is 3.22. The second kappa shape index (κ2) is 10.4. The van der Waals surface area contributed by atoms with Gasteiger partial charge in [0.1, 0.15) is 12.4 Å². The third-order valence-corrected chi connectivity index (χ3v) is 4.45. The first-order chi connectivity index (χ1) is 12.2. The molecule has 0 radical (unpaired) electrons. The molecule has 136 valence electrons. The van der Waals surface area contributed by atoms with Crippen LogP contribution in [0.15, 0.2) is 72.8 Å². The van der Waals surface area contributed by atoms with Crippen molar-refractivity contribution >= 4 is 35.6 Å². The molecule has 0 aliphatic rings. The highest BCUT2D eigenvalue weighted by molar-refractivity contribution is 6.31. The number of hydrogen-bond acceptors (Lipinski definition) is 2. The fourth-order valence-electron chi connectivity index (χ4n) is 2.54. The largest absolute Gasteiger partial charge is 0.489 e. The first-order valence-electron chi connectivity index (χ1n) is 8.11. The van der Waals surface area contributed by atoms with Crippen molar-refractivity contribution in [2.75, 3.05) is 0 Å². The molecule has 0 saturated heterocycles. The summed E-state index contributed by atoms with van der Waals surface area (Å²) in [7, 11) is 0. The lowest BCUT2D eigenvalue weighted by atomic mass is 10.1. The SMILES string of the molecule is Cl.Clc1ccc(OCc2ccccc2)c(CNCc2ccccc2Cl)c1. The Hall–Kier alpha value is -1.71. The van der Waals surface area contributed by atoms with E-state index < -0.39 is 0 Å². The van der Waals surface area contributed by atoms with Gasteiger partial charge in [-0.1, -0.05) is 71.7 Å². The number of ether oxygens (including phenoxy) is 1. The molecule has 0 aromatic heterocycles. The highest BCUT2D eigenvalue weighted by Gasteiger charge is 2.06. The van der Waals surface area contributed by atoms with Crippen molar-refractivity contribution < 1.29 is 4.74 Å². The van der Waals surface area contributed by atoms with Gasteiger partial charge in [0.15, 0.2) is 0 Å². The van der Waals surface area contributed by atoms with Gasteiger partial charge < -0.3 is 10.1 Å². The third-order valence-electron chi connectivity index (χ3n) is 3.85. The Balaban J connectivity index is 0.00000243. The Bertz CT molecular complexity index is 824. The molecule has 0 aliphatic heterocycles. The highest BCUT2D eigenvalue weighted by atomic mass is 35.5. The third kappa shape index (κ3) is 5.93. The molecule has 0 unspecified atom stereocenters. The van der Waals surface area contributed by atoms with Crippen molar-refractivity contribution in [3.63, 3.8) is 0 Å². The van der Waals surface area contributed by atoms with E-state index in [1.165, 1.54) is 0 Å². The molecule has 26 heavy (non-hydrogen) atoms. The van der Waals surface area contributed by atoms with Gasteiger partial charge in [-0.05, 0) is 35.4 Å². The Kier molecular flexibility index (Phi) is 8.27. The molecule has 0 bridgehead atoms. The molecule has 0 aliphatic carbocycles. The summed E-state index contributed by atoms with van der Waals surface area (Å²) in [6.45, 7) is 1.86. The molecule has 3 rings (SSSR count). The van der Waals surface area contributed by atoms with Crippen molar-refractivity contribution in [2.24, 2.45) is 0 Å². The molecule has 5 heteroatoms. The minimum atomic E-state index is 0.